The molecule has 182 valence electrons. The Labute approximate surface area is 207 Å². The van der Waals surface area contributed by atoms with Crippen LogP contribution in [-0.4, -0.2) is 51.3 Å². The molecule has 35 heavy (non-hydrogen) atoms. The van der Waals surface area contributed by atoms with Gasteiger partial charge < -0.3 is 19.3 Å². The summed E-state index contributed by atoms with van der Waals surface area (Å²) in [5.41, 5.74) is 4.67. The predicted octanol–water partition coefficient (Wildman–Crippen LogP) is 5.72. The lowest BCUT2D eigenvalue weighted by atomic mass is 10.1. The van der Waals surface area contributed by atoms with E-state index >= 15 is 0 Å². The molecule has 3 aromatic rings. The van der Waals surface area contributed by atoms with E-state index in [9.17, 15) is 4.79 Å². The number of anilines is 1. The Morgan fingerprint density at radius 2 is 1.66 bits per heavy atom. The maximum atomic E-state index is 12.7. The molecule has 4 rings (SSSR count). The molecule has 0 aromatic heterocycles. The van der Waals surface area contributed by atoms with Crippen molar-refractivity contribution in [3.8, 4) is 11.5 Å². The number of likely N-dealkylation sites (tertiary alicyclic amines) is 1. The molecular formula is C29H33N3O3. The number of ether oxygens (including phenoxy) is 2. The summed E-state index contributed by atoms with van der Waals surface area (Å²) in [4.78, 5) is 21.2. The summed E-state index contributed by atoms with van der Waals surface area (Å²) in [6, 6.07) is 21.5. The third-order valence-electron chi connectivity index (χ3n) is 6.15. The Morgan fingerprint density at radius 3 is 2.31 bits per heavy atom. The highest BCUT2D eigenvalue weighted by atomic mass is 16.5. The van der Waals surface area contributed by atoms with Crippen molar-refractivity contribution in [1.82, 2.24) is 4.90 Å². The highest BCUT2D eigenvalue weighted by molar-refractivity contribution is 5.94. The van der Waals surface area contributed by atoms with Crippen LogP contribution in [0.3, 0.4) is 0 Å². The fourth-order valence-corrected chi connectivity index (χ4v) is 4.05. The summed E-state index contributed by atoms with van der Waals surface area (Å²) in [6.07, 6.45) is 5.21. The van der Waals surface area contributed by atoms with Crippen molar-refractivity contribution in [1.29, 1.82) is 0 Å². The molecule has 0 atom stereocenters. The Bertz CT molecular complexity index is 1150. The van der Waals surface area contributed by atoms with E-state index < -0.39 is 0 Å². The summed E-state index contributed by atoms with van der Waals surface area (Å²) in [5, 5.41) is 0. The molecule has 6 heteroatoms. The van der Waals surface area contributed by atoms with Gasteiger partial charge in [-0.15, -0.1) is 0 Å². The predicted molar refractivity (Wildman–Crippen MR) is 142 cm³/mol. The largest absolute Gasteiger partial charge is 0.493 e. The van der Waals surface area contributed by atoms with Crippen molar-refractivity contribution < 1.29 is 14.3 Å². The number of piperidine rings is 1. The third kappa shape index (κ3) is 6.41. The van der Waals surface area contributed by atoms with Gasteiger partial charge in [0.05, 0.1) is 12.8 Å². The van der Waals surface area contributed by atoms with Crippen molar-refractivity contribution in [2.45, 2.75) is 25.9 Å². The van der Waals surface area contributed by atoms with E-state index in [0.717, 1.165) is 54.0 Å². The Balaban J connectivity index is 1.36. The first kappa shape index (κ1) is 24.3. The third-order valence-corrected chi connectivity index (χ3v) is 6.15. The van der Waals surface area contributed by atoms with Crippen LogP contribution in [0.15, 0.2) is 71.7 Å². The van der Waals surface area contributed by atoms with Gasteiger partial charge in [0.25, 0.3) is 5.91 Å². The van der Waals surface area contributed by atoms with Gasteiger partial charge in [0.1, 0.15) is 6.61 Å². The molecule has 0 aliphatic carbocycles. The fourth-order valence-electron chi connectivity index (χ4n) is 4.05. The molecule has 1 amide bonds. The quantitative estimate of drug-likeness (QED) is 0.395. The van der Waals surface area contributed by atoms with Crippen LogP contribution in [0.1, 0.15) is 40.7 Å². The lowest BCUT2D eigenvalue weighted by Gasteiger charge is -2.26. The number of amides is 1. The second kappa shape index (κ2) is 11.6. The van der Waals surface area contributed by atoms with Crippen molar-refractivity contribution in [3.63, 3.8) is 0 Å². The lowest BCUT2D eigenvalue weighted by molar-refractivity contribution is 0.0724. The van der Waals surface area contributed by atoms with Gasteiger partial charge >= 0.3 is 0 Å². The first-order valence-electron chi connectivity index (χ1n) is 12.0. The van der Waals surface area contributed by atoms with Crippen LogP contribution < -0.4 is 14.4 Å². The minimum atomic E-state index is 0.115. The average molecular weight is 472 g/mol. The smallest absolute Gasteiger partial charge is 0.253 e. The fraction of sp³-hybridized carbons (Fsp3) is 0.310. The topological polar surface area (TPSA) is 54.4 Å². The Hall–Kier alpha value is -3.80. The molecule has 0 unspecified atom stereocenters. The number of carbonyl (C=O) groups is 1. The van der Waals surface area contributed by atoms with Crippen LogP contribution in [0.25, 0.3) is 0 Å². The molecule has 0 N–H and O–H groups in total. The molecule has 1 fully saturated rings. The van der Waals surface area contributed by atoms with Gasteiger partial charge in [-0.25, -0.2) is 0 Å². The molecule has 1 aliphatic heterocycles. The van der Waals surface area contributed by atoms with E-state index in [4.69, 9.17) is 9.47 Å². The number of aliphatic imine (C=N–C) groups is 1. The number of hydrogen-bond acceptors (Lipinski definition) is 5. The zero-order chi connectivity index (χ0) is 24.6. The Morgan fingerprint density at radius 1 is 0.943 bits per heavy atom. The van der Waals surface area contributed by atoms with Gasteiger partial charge in [0.15, 0.2) is 11.5 Å². The number of nitrogens with zero attached hydrogens (tertiary/aromatic N) is 3. The van der Waals surface area contributed by atoms with Crippen molar-refractivity contribution in [2.75, 3.05) is 39.2 Å². The zero-order valence-electron chi connectivity index (χ0n) is 20.7. The molecule has 0 saturated carbocycles. The molecule has 6 nitrogen and oxygen atoms in total. The van der Waals surface area contributed by atoms with Crippen LogP contribution >= 0.6 is 0 Å². The van der Waals surface area contributed by atoms with Gasteiger partial charge in [0.2, 0.25) is 0 Å². The lowest BCUT2D eigenvalue weighted by Crippen LogP contribution is -2.35. The van der Waals surface area contributed by atoms with E-state index in [1.807, 2.05) is 91.9 Å². The van der Waals surface area contributed by atoms with Crippen LogP contribution in [0, 0.1) is 0 Å². The number of benzene rings is 3. The van der Waals surface area contributed by atoms with Gasteiger partial charge in [-0.2, -0.15) is 0 Å². The summed E-state index contributed by atoms with van der Waals surface area (Å²) < 4.78 is 11.6. The van der Waals surface area contributed by atoms with Crippen molar-refractivity contribution >= 4 is 23.5 Å². The molecule has 0 radical (unpaired) electrons. The van der Waals surface area contributed by atoms with E-state index in [1.165, 1.54) is 6.42 Å². The van der Waals surface area contributed by atoms with Gasteiger partial charge in [0, 0.05) is 44.7 Å². The molecule has 1 saturated heterocycles. The van der Waals surface area contributed by atoms with Gasteiger partial charge in [-0.1, -0.05) is 12.1 Å². The number of methoxy groups -OCH3 is 1. The minimum Gasteiger partial charge on any atom is -0.493 e. The first-order valence-corrected chi connectivity index (χ1v) is 12.0. The zero-order valence-corrected chi connectivity index (χ0v) is 20.7. The van der Waals surface area contributed by atoms with E-state index in [1.54, 1.807) is 7.11 Å². The molecule has 0 spiro atoms. The number of rotatable bonds is 8. The standard InChI is InChI=1S/C29H33N3O3/c1-31(2)26-14-12-25(13-15-26)30-20-23-9-16-27(28(19-23)34-3)35-21-22-7-10-24(11-8-22)29(33)32-17-5-4-6-18-32/h7-16,19-20H,4-6,17-18,21H2,1-3H3. The van der Waals surface area contributed by atoms with Gasteiger partial charge in [-0.05, 0) is 85.0 Å². The van der Waals surface area contributed by atoms with Crippen LogP contribution in [0.4, 0.5) is 11.4 Å². The van der Waals surface area contributed by atoms with E-state index in [2.05, 4.69) is 9.89 Å². The Kier molecular flexibility index (Phi) is 8.03. The van der Waals surface area contributed by atoms with Crippen LogP contribution in [0.2, 0.25) is 0 Å². The normalized spacial score (nSPS) is 13.6. The molecule has 3 aromatic carbocycles. The summed E-state index contributed by atoms with van der Waals surface area (Å²) in [6.45, 7) is 2.10. The average Bonchev–Trinajstić information content (AvgIpc) is 2.91. The highest BCUT2D eigenvalue weighted by Crippen LogP contribution is 2.29. The van der Waals surface area contributed by atoms with Crippen molar-refractivity contribution in [2.24, 2.45) is 4.99 Å². The molecule has 0 bridgehead atoms. The summed E-state index contributed by atoms with van der Waals surface area (Å²) >= 11 is 0. The summed E-state index contributed by atoms with van der Waals surface area (Å²) in [5.74, 6) is 1.42. The minimum absolute atomic E-state index is 0.115. The maximum absolute atomic E-state index is 12.7. The first-order chi connectivity index (χ1) is 17.0. The van der Waals surface area contributed by atoms with E-state index in [0.29, 0.717) is 18.1 Å². The molecular weight excluding hydrogens is 438 g/mol. The monoisotopic (exact) mass is 471 g/mol. The van der Waals surface area contributed by atoms with Gasteiger partial charge in [-0.3, -0.25) is 9.79 Å². The second-order valence-electron chi connectivity index (χ2n) is 8.92. The molecule has 1 heterocycles. The van der Waals surface area contributed by atoms with Crippen LogP contribution in [0.5, 0.6) is 11.5 Å². The van der Waals surface area contributed by atoms with E-state index in [-0.39, 0.29) is 5.91 Å². The number of carbonyl (C=O) groups excluding carboxylic acids is 1. The number of hydrogen-bond donors (Lipinski definition) is 0. The molecule has 1 aliphatic rings. The SMILES string of the molecule is COc1cc(C=Nc2ccc(N(C)C)cc2)ccc1OCc1ccc(C(=O)N2CCCCC2)cc1. The summed E-state index contributed by atoms with van der Waals surface area (Å²) in [7, 11) is 5.66. The maximum Gasteiger partial charge on any atom is 0.253 e. The highest BCUT2D eigenvalue weighted by Gasteiger charge is 2.18. The van der Waals surface area contributed by atoms with Crippen molar-refractivity contribution in [3.05, 3.63) is 83.4 Å². The van der Waals surface area contributed by atoms with Crippen LogP contribution in [-0.2, 0) is 6.61 Å². The second-order valence-corrected chi connectivity index (χ2v) is 8.92.